The molecule has 1 aromatic carbocycles. The second-order valence-electron chi connectivity index (χ2n) is 8.88. The largest absolute Gasteiger partial charge is 0.483 e. The molecule has 0 aliphatic heterocycles. The highest BCUT2D eigenvalue weighted by Gasteiger charge is 2.44. The van der Waals surface area contributed by atoms with E-state index in [9.17, 15) is 15.0 Å². The fraction of sp³-hybridized carbons (Fsp3) is 0.708. The third-order valence-corrected chi connectivity index (χ3v) is 6.96. The summed E-state index contributed by atoms with van der Waals surface area (Å²) < 4.78 is 5.78. The zero-order chi connectivity index (χ0) is 20.8. The third-order valence-electron chi connectivity index (χ3n) is 6.96. The minimum absolute atomic E-state index is 0.0300. The Morgan fingerprint density at radius 3 is 2.86 bits per heavy atom. The van der Waals surface area contributed by atoms with Crippen LogP contribution < -0.4 is 10.1 Å². The van der Waals surface area contributed by atoms with Crippen molar-refractivity contribution in [2.75, 3.05) is 13.7 Å². The molecule has 1 saturated carbocycles. The molecule has 1 amide bonds. The zero-order valence-corrected chi connectivity index (χ0v) is 17.9. The molecule has 3 N–H and O–H groups in total. The first-order valence-corrected chi connectivity index (χ1v) is 11.3. The summed E-state index contributed by atoms with van der Waals surface area (Å²) >= 11 is 0. The van der Waals surface area contributed by atoms with Crippen molar-refractivity contribution in [1.29, 1.82) is 0 Å². The van der Waals surface area contributed by atoms with Crippen LogP contribution >= 0.6 is 0 Å². The second-order valence-corrected chi connectivity index (χ2v) is 8.88. The molecule has 2 aliphatic carbocycles. The fourth-order valence-electron chi connectivity index (χ4n) is 5.31. The van der Waals surface area contributed by atoms with Crippen molar-refractivity contribution >= 4 is 5.91 Å². The number of amides is 1. The van der Waals surface area contributed by atoms with Crippen LogP contribution in [0.15, 0.2) is 18.2 Å². The van der Waals surface area contributed by atoms with Gasteiger partial charge in [-0.2, -0.15) is 0 Å². The van der Waals surface area contributed by atoms with Gasteiger partial charge in [0, 0.05) is 7.05 Å². The van der Waals surface area contributed by atoms with Crippen molar-refractivity contribution < 1.29 is 19.7 Å². The van der Waals surface area contributed by atoms with E-state index in [0.29, 0.717) is 11.8 Å². The van der Waals surface area contributed by atoms with Crippen LogP contribution in [0, 0.1) is 17.8 Å². The average molecular weight is 404 g/mol. The average Bonchev–Trinajstić information content (AvgIpc) is 3.02. The molecule has 0 saturated heterocycles. The first-order valence-electron chi connectivity index (χ1n) is 11.3. The van der Waals surface area contributed by atoms with E-state index in [2.05, 4.69) is 18.3 Å². The standard InChI is InChI=1S/C24H37NO4/c1-3-4-5-8-18(26)10-11-19-20-12-16-7-6-9-23(29-15-24(28)25-2)21(16)13-17(20)14-22(19)27/h6-7,9,17-20,22,26-27H,3-5,8,10-15H2,1-2H3,(H,25,28)/t17-,18-,19+,20-,22+/m0/s1. The molecule has 5 atom stereocenters. The molecule has 0 spiro atoms. The number of aliphatic hydroxyl groups is 2. The molecule has 0 unspecified atom stereocenters. The first kappa shape index (κ1) is 22.1. The summed E-state index contributed by atoms with van der Waals surface area (Å²) in [7, 11) is 1.61. The lowest BCUT2D eigenvalue weighted by Crippen LogP contribution is -2.29. The SMILES string of the molecule is CCCCC[C@H](O)CC[C@@H]1[C@H]2Cc3cccc(OCC(=O)NC)c3C[C@H]2C[C@H]1O. The molecule has 5 heteroatoms. The van der Waals surface area contributed by atoms with Crippen LogP contribution in [0.1, 0.15) is 63.0 Å². The van der Waals surface area contributed by atoms with Gasteiger partial charge in [-0.05, 0) is 73.5 Å². The Labute approximate surface area is 174 Å². The number of fused-ring (bicyclic) bond motifs is 2. The van der Waals surface area contributed by atoms with E-state index in [1.54, 1.807) is 7.05 Å². The van der Waals surface area contributed by atoms with Gasteiger partial charge < -0.3 is 20.3 Å². The van der Waals surface area contributed by atoms with Crippen LogP contribution in [-0.2, 0) is 17.6 Å². The van der Waals surface area contributed by atoms with Crippen molar-refractivity contribution in [2.45, 2.75) is 76.9 Å². The van der Waals surface area contributed by atoms with Gasteiger partial charge in [-0.1, -0.05) is 38.3 Å². The molecule has 3 rings (SSSR count). The van der Waals surface area contributed by atoms with Crippen LogP contribution in [0.25, 0.3) is 0 Å². The molecule has 0 bridgehead atoms. The number of carbonyl (C=O) groups is 1. The molecule has 2 aliphatic rings. The number of rotatable bonds is 10. The lowest BCUT2D eigenvalue weighted by molar-refractivity contribution is -0.122. The van der Waals surface area contributed by atoms with Crippen LogP contribution in [0.5, 0.6) is 5.75 Å². The van der Waals surface area contributed by atoms with E-state index in [1.165, 1.54) is 24.0 Å². The van der Waals surface area contributed by atoms with Gasteiger partial charge in [0.2, 0.25) is 0 Å². The van der Waals surface area contributed by atoms with Crippen LogP contribution in [0.2, 0.25) is 0 Å². The van der Waals surface area contributed by atoms with Crippen LogP contribution in [0.3, 0.4) is 0 Å². The van der Waals surface area contributed by atoms with Crippen molar-refractivity contribution in [2.24, 2.45) is 17.8 Å². The smallest absolute Gasteiger partial charge is 0.257 e. The highest BCUT2D eigenvalue weighted by Crippen LogP contribution is 2.48. The maximum atomic E-state index is 11.5. The lowest BCUT2D eigenvalue weighted by atomic mass is 9.73. The molecule has 0 heterocycles. The predicted octanol–water partition coefficient (Wildman–Crippen LogP) is 3.24. The first-order chi connectivity index (χ1) is 14.0. The Bertz CT molecular complexity index is 677. The Morgan fingerprint density at radius 1 is 1.28 bits per heavy atom. The Hall–Kier alpha value is -1.59. The number of likely N-dealkylation sites (N-methyl/N-ethyl adjacent to an activating group) is 1. The summed E-state index contributed by atoms with van der Waals surface area (Å²) in [5, 5.41) is 23.6. The number of ether oxygens (including phenoxy) is 1. The van der Waals surface area contributed by atoms with Gasteiger partial charge in [0.1, 0.15) is 5.75 Å². The molecule has 5 nitrogen and oxygen atoms in total. The van der Waals surface area contributed by atoms with Gasteiger partial charge in [-0.15, -0.1) is 0 Å². The predicted molar refractivity (Wildman–Crippen MR) is 114 cm³/mol. The van der Waals surface area contributed by atoms with Gasteiger partial charge in [0.15, 0.2) is 6.61 Å². The van der Waals surface area contributed by atoms with Gasteiger partial charge in [-0.3, -0.25) is 4.79 Å². The Kier molecular flexibility index (Phi) is 7.96. The number of nitrogens with one attached hydrogen (secondary N) is 1. The third kappa shape index (κ3) is 5.52. The molecule has 0 radical (unpaired) electrons. The molecule has 162 valence electrons. The van der Waals surface area contributed by atoms with Gasteiger partial charge in [0.05, 0.1) is 12.2 Å². The Morgan fingerprint density at radius 2 is 2.10 bits per heavy atom. The van der Waals surface area contributed by atoms with Gasteiger partial charge in [0.25, 0.3) is 5.91 Å². The quantitative estimate of drug-likeness (QED) is 0.524. The summed E-state index contributed by atoms with van der Waals surface area (Å²) in [6, 6.07) is 6.09. The van der Waals surface area contributed by atoms with Crippen molar-refractivity contribution in [3.8, 4) is 5.75 Å². The van der Waals surface area contributed by atoms with E-state index in [0.717, 1.165) is 50.7 Å². The van der Waals surface area contributed by atoms with Gasteiger partial charge >= 0.3 is 0 Å². The molecule has 1 aromatic rings. The number of hydrogen-bond donors (Lipinski definition) is 3. The topological polar surface area (TPSA) is 78.8 Å². The van der Waals surface area contributed by atoms with Crippen LogP contribution in [0.4, 0.5) is 0 Å². The van der Waals surface area contributed by atoms with E-state index in [-0.39, 0.29) is 30.6 Å². The summed E-state index contributed by atoms with van der Waals surface area (Å²) in [6.07, 6.45) is 8.15. The summed E-state index contributed by atoms with van der Waals surface area (Å²) in [5.74, 6) is 1.85. The molecule has 29 heavy (non-hydrogen) atoms. The minimum Gasteiger partial charge on any atom is -0.483 e. The van der Waals surface area contributed by atoms with Crippen molar-refractivity contribution in [1.82, 2.24) is 5.32 Å². The van der Waals surface area contributed by atoms with E-state index in [4.69, 9.17) is 4.74 Å². The summed E-state index contributed by atoms with van der Waals surface area (Å²) in [4.78, 5) is 11.5. The van der Waals surface area contributed by atoms with Gasteiger partial charge in [-0.25, -0.2) is 0 Å². The van der Waals surface area contributed by atoms with Crippen molar-refractivity contribution in [3.05, 3.63) is 29.3 Å². The van der Waals surface area contributed by atoms with E-state index >= 15 is 0 Å². The summed E-state index contributed by atoms with van der Waals surface area (Å²) in [5.41, 5.74) is 2.48. The maximum Gasteiger partial charge on any atom is 0.257 e. The number of aliphatic hydroxyl groups excluding tert-OH is 2. The highest BCUT2D eigenvalue weighted by molar-refractivity contribution is 5.77. The second kappa shape index (κ2) is 10.4. The zero-order valence-electron chi connectivity index (χ0n) is 17.9. The molecule has 1 fully saturated rings. The number of hydrogen-bond acceptors (Lipinski definition) is 4. The molecular weight excluding hydrogens is 366 g/mol. The number of unbranched alkanes of at least 4 members (excludes halogenated alkanes) is 2. The van der Waals surface area contributed by atoms with E-state index < -0.39 is 0 Å². The van der Waals surface area contributed by atoms with E-state index in [1.807, 2.05) is 12.1 Å². The number of carbonyl (C=O) groups excluding carboxylic acids is 1. The lowest BCUT2D eigenvalue weighted by Gasteiger charge is -2.32. The highest BCUT2D eigenvalue weighted by atomic mass is 16.5. The monoisotopic (exact) mass is 403 g/mol. The minimum atomic E-state index is -0.280. The normalized spacial score (nSPS) is 26.5. The molecular formula is C24H37NO4. The maximum absolute atomic E-state index is 11.5. The number of benzene rings is 1. The van der Waals surface area contributed by atoms with Crippen LogP contribution in [-0.4, -0.2) is 42.0 Å². The molecule has 0 aromatic heterocycles. The van der Waals surface area contributed by atoms with Crippen molar-refractivity contribution in [3.63, 3.8) is 0 Å². The summed E-state index contributed by atoms with van der Waals surface area (Å²) in [6.45, 7) is 2.21. The Balaban J connectivity index is 1.62. The fourth-order valence-corrected chi connectivity index (χ4v) is 5.31.